The Kier molecular flexibility index (Phi) is 9.48. The number of fused-ring (bicyclic) bond motifs is 4. The number of hydrogen-bond acceptors (Lipinski definition) is 8. The molecule has 2 heterocycles. The second-order valence-corrected chi connectivity index (χ2v) is 10.8. The average molecular weight is 692 g/mol. The van der Waals surface area contributed by atoms with E-state index in [4.69, 9.17) is 9.47 Å². The van der Waals surface area contributed by atoms with Crippen molar-refractivity contribution in [3.05, 3.63) is 157 Å². The van der Waals surface area contributed by atoms with E-state index in [1.54, 1.807) is 79.1 Å². The van der Waals surface area contributed by atoms with Crippen molar-refractivity contribution in [2.45, 2.75) is 0 Å². The van der Waals surface area contributed by atoms with Gasteiger partial charge in [0.2, 0.25) is 0 Å². The summed E-state index contributed by atoms with van der Waals surface area (Å²) in [5.41, 5.74) is 1.44. The van der Waals surface area contributed by atoms with Gasteiger partial charge in [0.25, 0.3) is 0 Å². The van der Waals surface area contributed by atoms with E-state index in [0.29, 0.717) is 38.7 Å². The molecule has 0 amide bonds. The summed E-state index contributed by atoms with van der Waals surface area (Å²) in [6.45, 7) is 0. The van der Waals surface area contributed by atoms with Crippen LogP contribution in [0.4, 0.5) is 0 Å². The Hall–Kier alpha value is -6.28. The number of carbonyl (C=O) groups excluding carboxylic acids is 2. The maximum Gasteiger partial charge on any atom is 2.00 e. The van der Waals surface area contributed by atoms with Gasteiger partial charge in [0.05, 0.1) is 11.1 Å². The maximum atomic E-state index is 12.5. The Morgan fingerprint density at radius 3 is 1.69 bits per heavy atom. The van der Waals surface area contributed by atoms with Crippen LogP contribution in [0.1, 0.15) is 20.7 Å². The van der Waals surface area contributed by atoms with Crippen molar-refractivity contribution in [2.75, 3.05) is 0 Å². The second-order valence-electron chi connectivity index (χ2n) is 10.8. The van der Waals surface area contributed by atoms with Gasteiger partial charge >= 0.3 is 29.0 Å². The van der Waals surface area contributed by atoms with Gasteiger partial charge in [0.15, 0.2) is 11.5 Å². The number of aromatic nitrogens is 2. The van der Waals surface area contributed by atoms with E-state index in [9.17, 15) is 19.8 Å². The Morgan fingerprint density at radius 1 is 0.510 bits per heavy atom. The number of benzene rings is 6. The van der Waals surface area contributed by atoms with Gasteiger partial charge < -0.3 is 19.7 Å². The summed E-state index contributed by atoms with van der Waals surface area (Å²) >= 11 is 0. The van der Waals surface area contributed by atoms with Crippen LogP contribution in [0, 0.1) is 0 Å². The van der Waals surface area contributed by atoms with Gasteiger partial charge in [-0.25, -0.2) is 9.59 Å². The quantitative estimate of drug-likeness (QED) is 0.107. The van der Waals surface area contributed by atoms with Crippen molar-refractivity contribution in [1.82, 2.24) is 9.97 Å². The largest absolute Gasteiger partial charge is 2.00 e. The van der Waals surface area contributed by atoms with E-state index >= 15 is 0 Å². The van der Waals surface area contributed by atoms with Gasteiger partial charge in [-0.1, -0.05) is 103 Å². The molecule has 0 aliphatic carbocycles. The number of para-hydroxylation sites is 2. The molecule has 49 heavy (non-hydrogen) atoms. The van der Waals surface area contributed by atoms with E-state index in [1.165, 1.54) is 12.1 Å². The standard InChI is InChI=1S/2C20H13NO3.Cu/c22-19-15-8-2-1-5-13(15)10-11-16(19)20(23)24-17-9-3-6-14-7-4-12-21-18(14)17;22-17-12-15(11-14-5-1-2-8-16(14)17)20(23)24-18-9-3-6-13-7-4-10-21-19(13)18;/h2*1-12,22H;/q;;+2/p-2. The minimum absolute atomic E-state index is 0. The molecule has 0 unspecified atom stereocenters. The number of pyridine rings is 2. The van der Waals surface area contributed by atoms with E-state index in [2.05, 4.69) is 9.97 Å². The van der Waals surface area contributed by atoms with Crippen LogP contribution >= 0.6 is 0 Å². The molecular formula is C40H24CuN2O6. The number of nitrogens with zero attached hydrogens (tertiary/aromatic N) is 2. The SMILES string of the molecule is O=C(Oc1cccc2cccnc12)c1cc([O-])c2ccccc2c1.O=C(Oc1cccc2cccnc12)c1ccc2ccccc2c1[O-].[Cu+2]. The van der Waals surface area contributed by atoms with Crippen LogP contribution in [0.15, 0.2) is 146 Å². The molecule has 241 valence electrons. The summed E-state index contributed by atoms with van der Waals surface area (Å²) in [5.74, 6) is -1.06. The van der Waals surface area contributed by atoms with Crippen molar-refractivity contribution in [2.24, 2.45) is 0 Å². The topological polar surface area (TPSA) is 124 Å². The summed E-state index contributed by atoms with van der Waals surface area (Å²) in [6.07, 6.45) is 3.28. The summed E-state index contributed by atoms with van der Waals surface area (Å²) in [5, 5.41) is 29.0. The first-order valence-corrected chi connectivity index (χ1v) is 15.0. The first-order chi connectivity index (χ1) is 23.5. The van der Waals surface area contributed by atoms with E-state index in [0.717, 1.165) is 16.2 Å². The smallest absolute Gasteiger partial charge is 0.872 e. The number of ether oxygens (including phenoxy) is 2. The number of rotatable bonds is 4. The third kappa shape index (κ3) is 6.75. The van der Waals surface area contributed by atoms with Crippen LogP contribution in [-0.4, -0.2) is 21.9 Å². The van der Waals surface area contributed by atoms with Crippen molar-refractivity contribution >= 4 is 55.3 Å². The summed E-state index contributed by atoms with van der Waals surface area (Å²) in [7, 11) is 0. The summed E-state index contributed by atoms with van der Waals surface area (Å²) in [6, 6.07) is 38.7. The van der Waals surface area contributed by atoms with Crippen LogP contribution in [0.3, 0.4) is 0 Å². The molecule has 0 atom stereocenters. The van der Waals surface area contributed by atoms with Crippen molar-refractivity contribution < 1.29 is 46.3 Å². The normalized spacial score (nSPS) is 10.6. The summed E-state index contributed by atoms with van der Waals surface area (Å²) in [4.78, 5) is 33.4. The fourth-order valence-corrected chi connectivity index (χ4v) is 5.43. The number of carbonyl (C=O) groups is 2. The third-order valence-corrected chi connectivity index (χ3v) is 7.76. The first-order valence-electron chi connectivity index (χ1n) is 15.0. The second kappa shape index (κ2) is 14.2. The molecule has 0 aliphatic rings. The molecule has 6 aromatic carbocycles. The number of hydrogen-bond donors (Lipinski definition) is 0. The van der Waals surface area contributed by atoms with Crippen LogP contribution in [-0.2, 0) is 17.1 Å². The first kappa shape index (κ1) is 32.7. The zero-order valence-electron chi connectivity index (χ0n) is 25.5. The maximum absolute atomic E-state index is 12.5. The van der Waals surface area contributed by atoms with Crippen LogP contribution in [0.2, 0.25) is 0 Å². The van der Waals surface area contributed by atoms with E-state index < -0.39 is 11.9 Å². The monoisotopic (exact) mass is 691 g/mol. The van der Waals surface area contributed by atoms with Gasteiger partial charge in [0, 0.05) is 23.2 Å². The van der Waals surface area contributed by atoms with E-state index in [1.807, 2.05) is 54.6 Å². The minimum Gasteiger partial charge on any atom is -0.872 e. The van der Waals surface area contributed by atoms with Gasteiger partial charge in [-0.15, -0.1) is 5.75 Å². The molecule has 2 aromatic heterocycles. The van der Waals surface area contributed by atoms with Crippen molar-refractivity contribution in [3.63, 3.8) is 0 Å². The van der Waals surface area contributed by atoms with Crippen LogP contribution in [0.25, 0.3) is 43.4 Å². The molecule has 8 rings (SSSR count). The molecule has 0 fully saturated rings. The Morgan fingerprint density at radius 2 is 1.04 bits per heavy atom. The number of esters is 2. The van der Waals surface area contributed by atoms with Gasteiger partial charge in [-0.05, 0) is 57.9 Å². The minimum atomic E-state index is -0.677. The van der Waals surface area contributed by atoms with E-state index in [-0.39, 0.29) is 39.7 Å². The summed E-state index contributed by atoms with van der Waals surface area (Å²) < 4.78 is 10.9. The Bertz CT molecular complexity index is 2490. The fraction of sp³-hybridized carbons (Fsp3) is 0. The Labute approximate surface area is 290 Å². The molecule has 0 spiro atoms. The van der Waals surface area contributed by atoms with Gasteiger partial charge in [-0.3, -0.25) is 9.97 Å². The predicted molar refractivity (Wildman–Crippen MR) is 180 cm³/mol. The zero-order chi connectivity index (χ0) is 33.0. The molecule has 9 heteroatoms. The molecular weight excluding hydrogens is 668 g/mol. The van der Waals surface area contributed by atoms with Gasteiger partial charge in [0.1, 0.15) is 11.0 Å². The predicted octanol–water partition coefficient (Wildman–Crippen LogP) is 7.36. The molecule has 0 bridgehead atoms. The van der Waals surface area contributed by atoms with Crippen molar-refractivity contribution in [1.29, 1.82) is 0 Å². The molecule has 0 aliphatic heterocycles. The Balaban J connectivity index is 0.000000167. The molecule has 1 radical (unpaired) electrons. The van der Waals surface area contributed by atoms with Crippen molar-refractivity contribution in [3.8, 4) is 23.0 Å². The molecule has 8 nitrogen and oxygen atoms in total. The molecule has 0 saturated heterocycles. The van der Waals surface area contributed by atoms with Crippen LogP contribution in [0.5, 0.6) is 23.0 Å². The molecule has 0 saturated carbocycles. The van der Waals surface area contributed by atoms with Gasteiger partial charge in [-0.2, -0.15) is 0 Å². The molecule has 8 aromatic rings. The molecule has 0 N–H and O–H groups in total. The average Bonchev–Trinajstić information content (AvgIpc) is 3.12. The van der Waals surface area contributed by atoms with Crippen LogP contribution < -0.4 is 19.7 Å². The zero-order valence-corrected chi connectivity index (χ0v) is 26.4. The fourth-order valence-electron chi connectivity index (χ4n) is 5.43. The third-order valence-electron chi connectivity index (χ3n) is 7.76.